The van der Waals surface area contributed by atoms with Gasteiger partial charge in [-0.2, -0.15) is 0 Å². The molecule has 2 nitrogen and oxygen atoms in total. The van der Waals surface area contributed by atoms with E-state index in [9.17, 15) is 0 Å². The van der Waals surface area contributed by atoms with Crippen LogP contribution in [0.15, 0.2) is 24.3 Å². The van der Waals surface area contributed by atoms with E-state index in [-0.39, 0.29) is 6.04 Å². The molecule has 1 aromatic rings. The molecule has 0 bridgehead atoms. The Morgan fingerprint density at radius 1 is 1.42 bits per heavy atom. The lowest BCUT2D eigenvalue weighted by molar-refractivity contribution is 0.335. The molecule has 0 spiro atoms. The molecular formula is C10H15NO. The van der Waals surface area contributed by atoms with Gasteiger partial charge in [0.05, 0.1) is 6.61 Å². The monoisotopic (exact) mass is 165 g/mol. The molecule has 1 aromatic carbocycles. The van der Waals surface area contributed by atoms with E-state index >= 15 is 0 Å². The molecule has 0 aromatic heterocycles. The summed E-state index contributed by atoms with van der Waals surface area (Å²) in [5.41, 5.74) is 6.83. The van der Waals surface area contributed by atoms with Crippen molar-refractivity contribution in [2.75, 3.05) is 6.61 Å². The van der Waals surface area contributed by atoms with Gasteiger partial charge < -0.3 is 10.5 Å². The van der Waals surface area contributed by atoms with Gasteiger partial charge in [0.15, 0.2) is 0 Å². The Morgan fingerprint density at radius 2 is 2.08 bits per heavy atom. The summed E-state index contributed by atoms with van der Waals surface area (Å²) in [6.07, 6.45) is 0. The molecular weight excluding hydrogens is 150 g/mol. The van der Waals surface area contributed by atoms with E-state index in [0.717, 1.165) is 11.3 Å². The smallest absolute Gasteiger partial charge is 0.124 e. The Hall–Kier alpha value is -1.02. The first-order chi connectivity index (χ1) is 5.75. The van der Waals surface area contributed by atoms with Crippen LogP contribution in [0.5, 0.6) is 5.75 Å². The van der Waals surface area contributed by atoms with Gasteiger partial charge in [-0.25, -0.2) is 0 Å². The standard InChI is InChI=1S/C10H15NO/c1-3-12-10-7-5-4-6-9(10)8(2)11/h4-8H,3,11H2,1-2H3/t8-/m0/s1. The van der Waals surface area contributed by atoms with Crippen LogP contribution in [0.1, 0.15) is 25.5 Å². The fraction of sp³-hybridized carbons (Fsp3) is 0.400. The van der Waals surface area contributed by atoms with Crippen LogP contribution in [0.25, 0.3) is 0 Å². The Morgan fingerprint density at radius 3 is 2.67 bits per heavy atom. The first-order valence-corrected chi connectivity index (χ1v) is 4.23. The van der Waals surface area contributed by atoms with Gasteiger partial charge in [-0.05, 0) is 19.9 Å². The van der Waals surface area contributed by atoms with Gasteiger partial charge in [0.2, 0.25) is 0 Å². The number of hydrogen-bond donors (Lipinski definition) is 1. The van der Waals surface area contributed by atoms with Crippen molar-refractivity contribution < 1.29 is 4.74 Å². The minimum Gasteiger partial charge on any atom is -0.494 e. The molecule has 0 aliphatic rings. The molecule has 12 heavy (non-hydrogen) atoms. The zero-order valence-electron chi connectivity index (χ0n) is 7.58. The number of hydrogen-bond acceptors (Lipinski definition) is 2. The highest BCUT2D eigenvalue weighted by atomic mass is 16.5. The fourth-order valence-electron chi connectivity index (χ4n) is 1.14. The molecule has 0 radical (unpaired) electrons. The van der Waals surface area contributed by atoms with Gasteiger partial charge in [0.25, 0.3) is 0 Å². The predicted octanol–water partition coefficient (Wildman–Crippen LogP) is 2.10. The van der Waals surface area contributed by atoms with Crippen LogP contribution in [0.2, 0.25) is 0 Å². The number of para-hydroxylation sites is 1. The molecule has 0 aliphatic carbocycles. The molecule has 1 rings (SSSR count). The van der Waals surface area contributed by atoms with Crippen LogP contribution in [0.4, 0.5) is 0 Å². The number of rotatable bonds is 3. The molecule has 1 atom stereocenters. The SMILES string of the molecule is CCOc1ccccc1[C@H](C)N. The second-order valence-corrected chi connectivity index (χ2v) is 2.76. The van der Waals surface area contributed by atoms with Crippen molar-refractivity contribution in [3.63, 3.8) is 0 Å². The average Bonchev–Trinajstić information content (AvgIpc) is 2.05. The molecule has 0 saturated heterocycles. The molecule has 0 amide bonds. The minimum atomic E-state index is 0.0350. The van der Waals surface area contributed by atoms with E-state index < -0.39 is 0 Å². The highest BCUT2D eigenvalue weighted by molar-refractivity contribution is 5.35. The molecule has 2 N–H and O–H groups in total. The van der Waals surface area contributed by atoms with Crippen molar-refractivity contribution in [1.82, 2.24) is 0 Å². The maximum Gasteiger partial charge on any atom is 0.124 e. The molecule has 0 saturated carbocycles. The summed E-state index contributed by atoms with van der Waals surface area (Å²) in [4.78, 5) is 0. The van der Waals surface area contributed by atoms with E-state index in [1.54, 1.807) is 0 Å². The van der Waals surface area contributed by atoms with Gasteiger partial charge >= 0.3 is 0 Å². The van der Waals surface area contributed by atoms with E-state index in [2.05, 4.69) is 0 Å². The van der Waals surface area contributed by atoms with Crippen LogP contribution >= 0.6 is 0 Å². The predicted molar refractivity (Wildman–Crippen MR) is 50.2 cm³/mol. The van der Waals surface area contributed by atoms with Gasteiger partial charge in [-0.1, -0.05) is 18.2 Å². The summed E-state index contributed by atoms with van der Waals surface area (Å²) >= 11 is 0. The van der Waals surface area contributed by atoms with Crippen LogP contribution in [0.3, 0.4) is 0 Å². The molecule has 66 valence electrons. The van der Waals surface area contributed by atoms with Crippen LogP contribution < -0.4 is 10.5 Å². The topological polar surface area (TPSA) is 35.2 Å². The van der Waals surface area contributed by atoms with E-state index in [1.807, 2.05) is 38.1 Å². The maximum absolute atomic E-state index is 5.76. The van der Waals surface area contributed by atoms with Gasteiger partial charge in [-0.15, -0.1) is 0 Å². The summed E-state index contributed by atoms with van der Waals surface area (Å²) < 4.78 is 5.42. The highest BCUT2D eigenvalue weighted by Crippen LogP contribution is 2.22. The summed E-state index contributed by atoms with van der Waals surface area (Å²) in [5.74, 6) is 0.898. The van der Waals surface area contributed by atoms with E-state index in [1.165, 1.54) is 0 Å². The Balaban J connectivity index is 2.92. The molecule has 2 heteroatoms. The van der Waals surface area contributed by atoms with Gasteiger partial charge in [0.1, 0.15) is 5.75 Å². The van der Waals surface area contributed by atoms with Crippen molar-refractivity contribution in [1.29, 1.82) is 0 Å². The van der Waals surface area contributed by atoms with Crippen molar-refractivity contribution in [2.24, 2.45) is 5.73 Å². The lowest BCUT2D eigenvalue weighted by atomic mass is 10.1. The van der Waals surface area contributed by atoms with E-state index in [4.69, 9.17) is 10.5 Å². The van der Waals surface area contributed by atoms with Gasteiger partial charge in [0, 0.05) is 11.6 Å². The quantitative estimate of drug-likeness (QED) is 0.744. The Labute approximate surface area is 73.3 Å². The van der Waals surface area contributed by atoms with Crippen molar-refractivity contribution in [3.8, 4) is 5.75 Å². The number of benzene rings is 1. The van der Waals surface area contributed by atoms with Crippen molar-refractivity contribution in [2.45, 2.75) is 19.9 Å². The lowest BCUT2D eigenvalue weighted by Gasteiger charge is -2.11. The summed E-state index contributed by atoms with van der Waals surface area (Å²) in [6, 6.07) is 7.91. The van der Waals surface area contributed by atoms with Crippen molar-refractivity contribution in [3.05, 3.63) is 29.8 Å². The third kappa shape index (κ3) is 1.98. The second-order valence-electron chi connectivity index (χ2n) is 2.76. The van der Waals surface area contributed by atoms with Crippen LogP contribution in [-0.4, -0.2) is 6.61 Å². The molecule has 0 fully saturated rings. The van der Waals surface area contributed by atoms with Crippen molar-refractivity contribution >= 4 is 0 Å². The number of nitrogens with two attached hydrogens (primary N) is 1. The lowest BCUT2D eigenvalue weighted by Crippen LogP contribution is -2.07. The minimum absolute atomic E-state index is 0.0350. The average molecular weight is 165 g/mol. The molecule has 0 heterocycles. The normalized spacial score (nSPS) is 12.6. The third-order valence-electron chi connectivity index (χ3n) is 1.71. The molecule has 0 unspecified atom stereocenters. The van der Waals surface area contributed by atoms with Gasteiger partial charge in [-0.3, -0.25) is 0 Å². The van der Waals surface area contributed by atoms with Crippen LogP contribution in [0, 0.1) is 0 Å². The second kappa shape index (κ2) is 4.12. The Bertz CT molecular complexity index is 245. The fourth-order valence-corrected chi connectivity index (χ4v) is 1.14. The largest absolute Gasteiger partial charge is 0.494 e. The van der Waals surface area contributed by atoms with Crippen LogP contribution in [-0.2, 0) is 0 Å². The summed E-state index contributed by atoms with van der Waals surface area (Å²) in [6.45, 7) is 4.61. The third-order valence-corrected chi connectivity index (χ3v) is 1.71. The molecule has 0 aliphatic heterocycles. The van der Waals surface area contributed by atoms with E-state index in [0.29, 0.717) is 6.61 Å². The number of ether oxygens (including phenoxy) is 1. The zero-order chi connectivity index (χ0) is 8.97. The highest BCUT2D eigenvalue weighted by Gasteiger charge is 2.05. The summed E-state index contributed by atoms with van der Waals surface area (Å²) in [7, 11) is 0. The first-order valence-electron chi connectivity index (χ1n) is 4.23. The Kier molecular flexibility index (Phi) is 3.11. The zero-order valence-corrected chi connectivity index (χ0v) is 7.58. The maximum atomic E-state index is 5.76. The first kappa shape index (κ1) is 9.07. The summed E-state index contributed by atoms with van der Waals surface area (Å²) in [5, 5.41) is 0.